The molecule has 0 spiro atoms. The number of aromatic nitrogens is 2. The van der Waals surface area contributed by atoms with E-state index in [0.717, 1.165) is 30.2 Å². The average Bonchev–Trinajstić information content (AvgIpc) is 2.58. The Kier molecular flexibility index (Phi) is 5.05. The molecular formula is C15H28N4O. The van der Waals surface area contributed by atoms with Gasteiger partial charge in [0.05, 0.1) is 29.7 Å². The lowest BCUT2D eigenvalue weighted by molar-refractivity contribution is 0.0776. The summed E-state index contributed by atoms with van der Waals surface area (Å²) in [7, 11) is 0. The Bertz CT molecular complexity index is 443. The third-order valence-corrected chi connectivity index (χ3v) is 4.46. The van der Waals surface area contributed by atoms with Crippen LogP contribution < -0.4 is 5.73 Å². The Morgan fingerprint density at radius 1 is 1.30 bits per heavy atom. The van der Waals surface area contributed by atoms with Crippen LogP contribution in [0.4, 0.5) is 5.69 Å². The zero-order valence-electron chi connectivity index (χ0n) is 13.0. The molecule has 2 unspecified atom stereocenters. The highest BCUT2D eigenvalue weighted by molar-refractivity contribution is 5.46. The van der Waals surface area contributed by atoms with Gasteiger partial charge in [0.1, 0.15) is 0 Å². The minimum Gasteiger partial charge on any atom is -0.396 e. The molecule has 0 saturated carbocycles. The summed E-state index contributed by atoms with van der Waals surface area (Å²) in [4.78, 5) is 2.41. The highest BCUT2D eigenvalue weighted by Gasteiger charge is 2.20. The SMILES string of the molecule is Cc1nn(CC(O)CN2CCCCCC2C)c(C)c1N. The van der Waals surface area contributed by atoms with Gasteiger partial charge in [0.15, 0.2) is 0 Å². The fourth-order valence-corrected chi connectivity index (χ4v) is 3.02. The molecule has 3 N–H and O–H groups in total. The molecule has 1 fully saturated rings. The molecule has 1 aromatic rings. The van der Waals surface area contributed by atoms with E-state index in [4.69, 9.17) is 5.73 Å². The number of rotatable bonds is 4. The molecule has 2 atom stereocenters. The summed E-state index contributed by atoms with van der Waals surface area (Å²) >= 11 is 0. The molecule has 1 saturated heterocycles. The van der Waals surface area contributed by atoms with E-state index in [1.54, 1.807) is 0 Å². The summed E-state index contributed by atoms with van der Waals surface area (Å²) in [6.07, 6.45) is 4.70. The van der Waals surface area contributed by atoms with E-state index in [9.17, 15) is 5.11 Å². The number of hydrogen-bond acceptors (Lipinski definition) is 4. The molecule has 1 aliphatic rings. The van der Waals surface area contributed by atoms with E-state index in [0.29, 0.717) is 12.6 Å². The molecule has 2 heterocycles. The van der Waals surface area contributed by atoms with E-state index < -0.39 is 6.10 Å². The van der Waals surface area contributed by atoms with Crippen LogP contribution in [0.1, 0.15) is 44.0 Å². The molecule has 5 heteroatoms. The van der Waals surface area contributed by atoms with Crippen molar-refractivity contribution < 1.29 is 5.11 Å². The Labute approximate surface area is 121 Å². The third kappa shape index (κ3) is 3.52. The Balaban J connectivity index is 1.94. The number of nitrogens with two attached hydrogens (primary N) is 1. The van der Waals surface area contributed by atoms with Gasteiger partial charge < -0.3 is 10.8 Å². The summed E-state index contributed by atoms with van der Waals surface area (Å²) in [5.41, 5.74) is 8.46. The lowest BCUT2D eigenvalue weighted by Crippen LogP contribution is -2.40. The second kappa shape index (κ2) is 6.59. The Morgan fingerprint density at radius 3 is 2.70 bits per heavy atom. The third-order valence-electron chi connectivity index (χ3n) is 4.46. The van der Waals surface area contributed by atoms with E-state index in [2.05, 4.69) is 16.9 Å². The summed E-state index contributed by atoms with van der Waals surface area (Å²) in [5.74, 6) is 0. The molecule has 20 heavy (non-hydrogen) atoms. The fourth-order valence-electron chi connectivity index (χ4n) is 3.02. The van der Waals surface area contributed by atoms with Gasteiger partial charge in [-0.05, 0) is 40.2 Å². The number of aryl methyl sites for hydroxylation is 1. The summed E-state index contributed by atoms with van der Waals surface area (Å²) in [6.45, 7) is 8.46. The molecule has 2 rings (SSSR count). The first-order valence-corrected chi connectivity index (χ1v) is 7.70. The zero-order valence-corrected chi connectivity index (χ0v) is 13.0. The highest BCUT2D eigenvalue weighted by Crippen LogP contribution is 2.18. The Morgan fingerprint density at radius 2 is 2.05 bits per heavy atom. The normalized spacial score (nSPS) is 22.7. The number of aliphatic hydroxyl groups excluding tert-OH is 1. The highest BCUT2D eigenvalue weighted by atomic mass is 16.3. The van der Waals surface area contributed by atoms with Crippen molar-refractivity contribution in [3.05, 3.63) is 11.4 Å². The molecule has 0 radical (unpaired) electrons. The average molecular weight is 280 g/mol. The van der Waals surface area contributed by atoms with Gasteiger partial charge in [-0.25, -0.2) is 0 Å². The number of hydrogen-bond donors (Lipinski definition) is 2. The number of aliphatic hydroxyl groups is 1. The predicted octanol–water partition coefficient (Wildman–Crippen LogP) is 1.71. The van der Waals surface area contributed by atoms with Crippen LogP contribution in [0.15, 0.2) is 0 Å². The molecule has 114 valence electrons. The van der Waals surface area contributed by atoms with E-state index in [-0.39, 0.29) is 0 Å². The fraction of sp³-hybridized carbons (Fsp3) is 0.800. The van der Waals surface area contributed by atoms with Crippen LogP contribution in [-0.4, -0.2) is 45.0 Å². The number of β-amino-alcohol motifs (C(OH)–C–C–N with tert-alkyl or cyclic N) is 1. The van der Waals surface area contributed by atoms with Crippen molar-refractivity contribution in [1.82, 2.24) is 14.7 Å². The quantitative estimate of drug-likeness (QED) is 0.881. The van der Waals surface area contributed by atoms with Gasteiger partial charge in [-0.15, -0.1) is 0 Å². The molecule has 1 aliphatic heterocycles. The minimum absolute atomic E-state index is 0.395. The summed E-state index contributed by atoms with van der Waals surface area (Å²) < 4.78 is 1.83. The monoisotopic (exact) mass is 280 g/mol. The van der Waals surface area contributed by atoms with Crippen LogP contribution in [0.2, 0.25) is 0 Å². The van der Waals surface area contributed by atoms with Crippen LogP contribution in [0.5, 0.6) is 0 Å². The molecule has 0 amide bonds. The first kappa shape index (κ1) is 15.3. The van der Waals surface area contributed by atoms with Gasteiger partial charge in [0.25, 0.3) is 0 Å². The molecule has 0 bridgehead atoms. The second-order valence-corrected chi connectivity index (χ2v) is 6.11. The van der Waals surface area contributed by atoms with Crippen LogP contribution >= 0.6 is 0 Å². The van der Waals surface area contributed by atoms with Gasteiger partial charge in [-0.2, -0.15) is 5.10 Å². The second-order valence-electron chi connectivity index (χ2n) is 6.11. The van der Waals surface area contributed by atoms with Crippen LogP contribution in [-0.2, 0) is 6.54 Å². The van der Waals surface area contributed by atoms with Gasteiger partial charge in [0.2, 0.25) is 0 Å². The van der Waals surface area contributed by atoms with Gasteiger partial charge in [-0.1, -0.05) is 12.8 Å². The maximum Gasteiger partial charge on any atom is 0.0862 e. The molecule has 5 nitrogen and oxygen atoms in total. The van der Waals surface area contributed by atoms with E-state index >= 15 is 0 Å². The van der Waals surface area contributed by atoms with Crippen LogP contribution in [0.3, 0.4) is 0 Å². The zero-order chi connectivity index (χ0) is 14.7. The number of nitrogens with zero attached hydrogens (tertiary/aromatic N) is 3. The minimum atomic E-state index is -0.395. The lowest BCUT2D eigenvalue weighted by Gasteiger charge is -2.29. The van der Waals surface area contributed by atoms with Crippen molar-refractivity contribution in [3.63, 3.8) is 0 Å². The first-order valence-electron chi connectivity index (χ1n) is 7.70. The van der Waals surface area contributed by atoms with Gasteiger partial charge >= 0.3 is 0 Å². The van der Waals surface area contributed by atoms with Gasteiger partial charge in [0, 0.05) is 12.6 Å². The predicted molar refractivity (Wildman–Crippen MR) is 81.6 cm³/mol. The van der Waals surface area contributed by atoms with Crippen LogP contribution in [0, 0.1) is 13.8 Å². The van der Waals surface area contributed by atoms with Crippen molar-refractivity contribution in [1.29, 1.82) is 0 Å². The van der Waals surface area contributed by atoms with Crippen molar-refractivity contribution in [2.75, 3.05) is 18.8 Å². The maximum atomic E-state index is 10.3. The largest absolute Gasteiger partial charge is 0.396 e. The number of nitrogen functional groups attached to an aromatic ring is 1. The summed E-state index contributed by atoms with van der Waals surface area (Å²) in [6, 6.07) is 0.567. The van der Waals surface area contributed by atoms with Crippen LogP contribution in [0.25, 0.3) is 0 Å². The van der Waals surface area contributed by atoms with E-state index in [1.807, 2.05) is 18.5 Å². The van der Waals surface area contributed by atoms with Crippen molar-refractivity contribution >= 4 is 5.69 Å². The number of anilines is 1. The summed E-state index contributed by atoms with van der Waals surface area (Å²) in [5, 5.41) is 14.7. The number of likely N-dealkylation sites (tertiary alicyclic amines) is 1. The lowest BCUT2D eigenvalue weighted by atomic mass is 10.1. The van der Waals surface area contributed by atoms with Crippen molar-refractivity contribution in [2.24, 2.45) is 0 Å². The van der Waals surface area contributed by atoms with Crippen molar-refractivity contribution in [3.8, 4) is 0 Å². The molecule has 1 aromatic heterocycles. The molecular weight excluding hydrogens is 252 g/mol. The standard InChI is InChI=1S/C15H28N4O/c1-11-7-5-4-6-8-18(11)9-14(20)10-19-13(3)15(16)12(2)17-19/h11,14,20H,4-10,16H2,1-3H3. The van der Waals surface area contributed by atoms with E-state index in [1.165, 1.54) is 25.7 Å². The first-order chi connectivity index (χ1) is 9.49. The van der Waals surface area contributed by atoms with Gasteiger partial charge in [-0.3, -0.25) is 9.58 Å². The Hall–Kier alpha value is -1.07. The smallest absolute Gasteiger partial charge is 0.0862 e. The van der Waals surface area contributed by atoms with Crippen molar-refractivity contribution in [2.45, 2.75) is 65.1 Å². The molecule has 0 aromatic carbocycles. The topological polar surface area (TPSA) is 67.3 Å². The maximum absolute atomic E-state index is 10.3. The molecule has 0 aliphatic carbocycles.